The summed E-state index contributed by atoms with van der Waals surface area (Å²) < 4.78 is 0. The third kappa shape index (κ3) is 18.1. The molecule has 0 rings (SSSR count). The molecule has 0 radical (unpaired) electrons. The average molecular weight is 285 g/mol. The molecule has 0 aliphatic rings. The molecule has 1 heteroatoms. The summed E-state index contributed by atoms with van der Waals surface area (Å²) in [6.45, 7) is 3.76. The van der Waals surface area contributed by atoms with Crippen LogP contribution in [0.1, 0.15) is 89.9 Å². The van der Waals surface area contributed by atoms with Gasteiger partial charge in [0.25, 0.3) is 0 Å². The summed E-state index contributed by atoms with van der Waals surface area (Å²) >= 11 is 1.98. The second-order valence-corrected chi connectivity index (χ2v) is 6.65. The van der Waals surface area contributed by atoms with Gasteiger partial charge in [0.2, 0.25) is 0 Å². The normalized spacial score (nSPS) is 10.8. The summed E-state index contributed by atoms with van der Waals surface area (Å²) in [5.74, 6) is 1.35. The fraction of sp³-hybridized carbons (Fsp3) is 0.889. The summed E-state index contributed by atoms with van der Waals surface area (Å²) in [5, 5.41) is 0. The Kier molecular flexibility index (Phi) is 18.2. The molecule has 0 atom stereocenters. The Hall–Kier alpha value is 0.0900. The lowest BCUT2D eigenvalue weighted by molar-refractivity contribution is 0.540. The Morgan fingerprint density at radius 2 is 1.00 bits per heavy atom. The van der Waals surface area contributed by atoms with Gasteiger partial charge in [-0.15, -0.1) is 6.58 Å². The molecule has 0 heterocycles. The van der Waals surface area contributed by atoms with Gasteiger partial charge >= 0.3 is 0 Å². The molecule has 0 fully saturated rings. The molecular formula is C18H36S. The standard InChI is InChI=1S/C18H36S/c1-3-4-5-6-7-8-9-10-11-12-13-14-15-16-17-18-19-2/h3H,1,4-18H2,2H3. The molecule has 0 aromatic carbocycles. The van der Waals surface area contributed by atoms with Crippen molar-refractivity contribution in [3.63, 3.8) is 0 Å². The first kappa shape index (κ1) is 19.1. The van der Waals surface area contributed by atoms with Crippen LogP contribution in [0.2, 0.25) is 0 Å². The van der Waals surface area contributed by atoms with Crippen molar-refractivity contribution in [3.8, 4) is 0 Å². The number of allylic oxidation sites excluding steroid dienone is 1. The van der Waals surface area contributed by atoms with Crippen LogP contribution in [0.4, 0.5) is 0 Å². The van der Waals surface area contributed by atoms with E-state index in [1.165, 1.54) is 95.6 Å². The predicted molar refractivity (Wildman–Crippen MR) is 93.2 cm³/mol. The van der Waals surface area contributed by atoms with Gasteiger partial charge in [-0.2, -0.15) is 11.8 Å². The zero-order valence-electron chi connectivity index (χ0n) is 13.3. The maximum atomic E-state index is 3.76. The van der Waals surface area contributed by atoms with Crippen molar-refractivity contribution in [2.75, 3.05) is 12.0 Å². The van der Waals surface area contributed by atoms with Crippen molar-refractivity contribution < 1.29 is 0 Å². The highest BCUT2D eigenvalue weighted by molar-refractivity contribution is 7.98. The number of unbranched alkanes of at least 4 members (excludes halogenated alkanes) is 13. The highest BCUT2D eigenvalue weighted by atomic mass is 32.2. The highest BCUT2D eigenvalue weighted by Gasteiger charge is 1.93. The van der Waals surface area contributed by atoms with Gasteiger partial charge in [0.05, 0.1) is 0 Å². The molecule has 0 aromatic rings. The minimum absolute atomic E-state index is 1.21. The Morgan fingerprint density at radius 3 is 1.37 bits per heavy atom. The van der Waals surface area contributed by atoms with Gasteiger partial charge in [-0.3, -0.25) is 0 Å². The Morgan fingerprint density at radius 1 is 0.632 bits per heavy atom. The Bertz CT molecular complexity index is 165. The maximum absolute atomic E-state index is 3.76. The van der Waals surface area contributed by atoms with Crippen molar-refractivity contribution in [1.29, 1.82) is 0 Å². The molecule has 0 aliphatic carbocycles. The molecular weight excluding hydrogens is 248 g/mol. The molecule has 0 spiro atoms. The highest BCUT2D eigenvalue weighted by Crippen LogP contribution is 2.13. The molecule has 0 bridgehead atoms. The lowest BCUT2D eigenvalue weighted by atomic mass is 10.0. The summed E-state index contributed by atoms with van der Waals surface area (Å²) in [5.41, 5.74) is 0. The molecule has 0 saturated carbocycles. The summed E-state index contributed by atoms with van der Waals surface area (Å²) in [6.07, 6.45) is 24.2. The van der Waals surface area contributed by atoms with E-state index in [4.69, 9.17) is 0 Å². The number of hydrogen-bond donors (Lipinski definition) is 0. The van der Waals surface area contributed by atoms with Crippen LogP contribution in [0.25, 0.3) is 0 Å². The van der Waals surface area contributed by atoms with Gasteiger partial charge < -0.3 is 0 Å². The van der Waals surface area contributed by atoms with Crippen LogP contribution in [0.3, 0.4) is 0 Å². The second kappa shape index (κ2) is 18.1. The van der Waals surface area contributed by atoms with E-state index in [0.717, 1.165) is 0 Å². The van der Waals surface area contributed by atoms with Crippen molar-refractivity contribution in [2.24, 2.45) is 0 Å². The summed E-state index contributed by atoms with van der Waals surface area (Å²) in [4.78, 5) is 0. The molecule has 0 amide bonds. The van der Waals surface area contributed by atoms with E-state index < -0.39 is 0 Å². The minimum Gasteiger partial charge on any atom is -0.165 e. The molecule has 19 heavy (non-hydrogen) atoms. The van der Waals surface area contributed by atoms with E-state index in [2.05, 4.69) is 12.8 Å². The zero-order chi connectivity index (χ0) is 14.0. The minimum atomic E-state index is 1.21. The molecule has 0 nitrogen and oxygen atoms in total. The fourth-order valence-electron chi connectivity index (χ4n) is 2.48. The largest absolute Gasteiger partial charge is 0.165 e. The topological polar surface area (TPSA) is 0 Å². The van der Waals surface area contributed by atoms with Crippen LogP contribution in [-0.4, -0.2) is 12.0 Å². The monoisotopic (exact) mass is 284 g/mol. The van der Waals surface area contributed by atoms with Gasteiger partial charge in [0, 0.05) is 0 Å². The van der Waals surface area contributed by atoms with Crippen molar-refractivity contribution in [3.05, 3.63) is 12.7 Å². The van der Waals surface area contributed by atoms with Gasteiger partial charge in [-0.05, 0) is 31.3 Å². The van der Waals surface area contributed by atoms with E-state index in [1.54, 1.807) is 0 Å². The lowest BCUT2D eigenvalue weighted by Gasteiger charge is -2.03. The van der Waals surface area contributed by atoms with Crippen LogP contribution >= 0.6 is 11.8 Å². The average Bonchev–Trinajstić information content (AvgIpc) is 2.43. The number of hydrogen-bond acceptors (Lipinski definition) is 1. The SMILES string of the molecule is C=CCCCCCCCCCCCCCCCSC. The van der Waals surface area contributed by atoms with E-state index in [1.807, 2.05) is 17.8 Å². The molecule has 0 saturated heterocycles. The lowest BCUT2D eigenvalue weighted by Crippen LogP contribution is -1.84. The van der Waals surface area contributed by atoms with Crippen LogP contribution in [0.15, 0.2) is 12.7 Å². The van der Waals surface area contributed by atoms with E-state index in [9.17, 15) is 0 Å². The van der Waals surface area contributed by atoms with Gasteiger partial charge in [-0.25, -0.2) is 0 Å². The molecule has 114 valence electrons. The number of rotatable bonds is 16. The van der Waals surface area contributed by atoms with E-state index in [-0.39, 0.29) is 0 Å². The van der Waals surface area contributed by atoms with Crippen LogP contribution < -0.4 is 0 Å². The molecule has 0 N–H and O–H groups in total. The van der Waals surface area contributed by atoms with Crippen LogP contribution in [-0.2, 0) is 0 Å². The third-order valence-corrected chi connectivity index (χ3v) is 4.45. The van der Waals surface area contributed by atoms with Crippen LogP contribution in [0.5, 0.6) is 0 Å². The second-order valence-electron chi connectivity index (χ2n) is 5.67. The molecule has 0 unspecified atom stereocenters. The van der Waals surface area contributed by atoms with Crippen LogP contribution in [0, 0.1) is 0 Å². The first-order chi connectivity index (χ1) is 9.41. The zero-order valence-corrected chi connectivity index (χ0v) is 14.1. The van der Waals surface area contributed by atoms with E-state index in [0.29, 0.717) is 0 Å². The fourth-order valence-corrected chi connectivity index (χ4v) is 2.97. The number of thioether (sulfide) groups is 1. The molecule has 0 aliphatic heterocycles. The van der Waals surface area contributed by atoms with Crippen molar-refractivity contribution >= 4 is 11.8 Å². The third-order valence-electron chi connectivity index (χ3n) is 3.76. The van der Waals surface area contributed by atoms with Crippen molar-refractivity contribution in [1.82, 2.24) is 0 Å². The van der Waals surface area contributed by atoms with E-state index >= 15 is 0 Å². The van der Waals surface area contributed by atoms with Crippen molar-refractivity contribution in [2.45, 2.75) is 89.9 Å². The quantitative estimate of drug-likeness (QED) is 0.217. The van der Waals surface area contributed by atoms with Gasteiger partial charge in [-0.1, -0.05) is 76.7 Å². The summed E-state index contributed by atoms with van der Waals surface area (Å²) in [6, 6.07) is 0. The maximum Gasteiger partial charge on any atom is -0.00703 e. The Labute approximate surface area is 126 Å². The predicted octanol–water partition coefficient (Wildman–Crippen LogP) is 7.00. The first-order valence-electron chi connectivity index (χ1n) is 8.51. The smallest absolute Gasteiger partial charge is 0.00703 e. The van der Waals surface area contributed by atoms with Gasteiger partial charge in [0.15, 0.2) is 0 Å². The van der Waals surface area contributed by atoms with Gasteiger partial charge in [0.1, 0.15) is 0 Å². The summed E-state index contributed by atoms with van der Waals surface area (Å²) in [7, 11) is 0. The first-order valence-corrected chi connectivity index (χ1v) is 9.91. The molecule has 0 aromatic heterocycles. The Balaban J connectivity index is 2.89.